The van der Waals surface area contributed by atoms with Gasteiger partial charge in [-0.25, -0.2) is 0 Å². The Bertz CT molecular complexity index is 743. The molecule has 0 spiro atoms. The summed E-state index contributed by atoms with van der Waals surface area (Å²) < 4.78 is 38.3. The molecule has 10 heteroatoms. The van der Waals surface area contributed by atoms with Crippen LogP contribution in [-0.4, -0.2) is 59.4 Å². The van der Waals surface area contributed by atoms with Crippen LogP contribution in [0, 0.1) is 10.1 Å². The van der Waals surface area contributed by atoms with Crippen molar-refractivity contribution in [2.24, 2.45) is 0 Å². The number of rotatable bonds is 6. The number of hydrogen-bond acceptors (Lipinski definition) is 5. The van der Waals surface area contributed by atoms with E-state index in [1.807, 2.05) is 0 Å². The zero-order chi connectivity index (χ0) is 21.0. The van der Waals surface area contributed by atoms with Crippen LogP contribution in [0.2, 0.25) is 0 Å². The van der Waals surface area contributed by atoms with Gasteiger partial charge in [0.2, 0.25) is 5.91 Å². The molecule has 0 aliphatic carbocycles. The van der Waals surface area contributed by atoms with Crippen LogP contribution in [0.1, 0.15) is 37.7 Å². The Morgan fingerprint density at radius 3 is 2.41 bits per heavy atom. The lowest BCUT2D eigenvalue weighted by Gasteiger charge is -2.36. The molecule has 0 radical (unpaired) electrons. The highest BCUT2D eigenvalue weighted by Gasteiger charge is 2.33. The summed E-state index contributed by atoms with van der Waals surface area (Å²) in [6.07, 6.45) is -0.151. The Morgan fingerprint density at radius 1 is 1.17 bits per heavy atom. The number of hydrogen-bond donors (Lipinski definition) is 1. The minimum atomic E-state index is -4.65. The predicted octanol–water partition coefficient (Wildman–Crippen LogP) is 3.50. The van der Waals surface area contributed by atoms with Gasteiger partial charge < -0.3 is 15.1 Å². The van der Waals surface area contributed by atoms with E-state index in [0.29, 0.717) is 25.2 Å². The fourth-order valence-electron chi connectivity index (χ4n) is 4.06. The van der Waals surface area contributed by atoms with Crippen molar-refractivity contribution in [3.05, 3.63) is 33.9 Å². The Hall–Kier alpha value is -2.36. The van der Waals surface area contributed by atoms with Gasteiger partial charge in [0.1, 0.15) is 5.69 Å². The molecule has 0 atom stereocenters. The van der Waals surface area contributed by atoms with Crippen LogP contribution >= 0.6 is 0 Å². The molecule has 2 heterocycles. The molecular formula is C19H25F3N4O3. The maximum atomic E-state index is 12.8. The maximum Gasteiger partial charge on any atom is 0.416 e. The number of nitro benzene ring substituents is 1. The minimum absolute atomic E-state index is 0.0245. The van der Waals surface area contributed by atoms with Gasteiger partial charge in [0, 0.05) is 38.2 Å². The average molecular weight is 414 g/mol. The Morgan fingerprint density at radius 2 is 1.83 bits per heavy atom. The molecule has 1 amide bonds. The number of nitrogens with zero attached hydrogens (tertiary/aromatic N) is 3. The van der Waals surface area contributed by atoms with Gasteiger partial charge in [-0.1, -0.05) is 0 Å². The van der Waals surface area contributed by atoms with Gasteiger partial charge in [0.05, 0.1) is 10.5 Å². The van der Waals surface area contributed by atoms with Crippen molar-refractivity contribution < 1.29 is 22.9 Å². The number of carbonyl (C=O) groups excluding carboxylic acids is 1. The summed E-state index contributed by atoms with van der Waals surface area (Å²) in [6, 6.07) is 2.87. The zero-order valence-corrected chi connectivity index (χ0v) is 16.1. The number of carbonyl (C=O) groups is 1. The Kier molecular flexibility index (Phi) is 6.61. The monoisotopic (exact) mass is 414 g/mol. The predicted molar refractivity (Wildman–Crippen MR) is 102 cm³/mol. The number of alkyl halides is 3. The molecule has 0 saturated carbocycles. The Labute approximate surface area is 167 Å². The maximum absolute atomic E-state index is 12.8. The lowest BCUT2D eigenvalue weighted by atomic mass is 10.0. The van der Waals surface area contributed by atoms with Crippen LogP contribution in [0.5, 0.6) is 0 Å². The first-order chi connectivity index (χ1) is 13.8. The van der Waals surface area contributed by atoms with Gasteiger partial charge in [-0.15, -0.1) is 0 Å². The second-order valence-electron chi connectivity index (χ2n) is 7.52. The summed E-state index contributed by atoms with van der Waals surface area (Å²) >= 11 is 0. The van der Waals surface area contributed by atoms with Crippen LogP contribution < -0.4 is 5.32 Å². The fourth-order valence-corrected chi connectivity index (χ4v) is 4.06. The molecule has 2 aliphatic rings. The smallest absolute Gasteiger partial charge is 0.379 e. The molecule has 0 unspecified atom stereocenters. The molecule has 1 aromatic rings. The van der Waals surface area contributed by atoms with Crippen molar-refractivity contribution in [3.63, 3.8) is 0 Å². The highest BCUT2D eigenvalue weighted by molar-refractivity contribution is 5.77. The standard InChI is InChI=1S/C19H25F3N4O3/c20-19(21,22)14-3-4-16(17(13-14)26(28)29)23-8-5-18(27)25-11-6-15(7-12-25)24-9-1-2-10-24/h3-4,13,15,23H,1-2,5-12H2. The molecule has 3 rings (SSSR count). The van der Waals surface area contributed by atoms with E-state index < -0.39 is 22.4 Å². The van der Waals surface area contributed by atoms with Crippen molar-refractivity contribution in [2.75, 3.05) is 38.0 Å². The van der Waals surface area contributed by atoms with Crippen LogP contribution in [0.3, 0.4) is 0 Å². The van der Waals surface area contributed by atoms with E-state index >= 15 is 0 Å². The fraction of sp³-hybridized carbons (Fsp3) is 0.632. The molecule has 1 N–H and O–H groups in total. The van der Waals surface area contributed by atoms with Crippen LogP contribution in [0.4, 0.5) is 24.5 Å². The second-order valence-corrected chi connectivity index (χ2v) is 7.52. The molecule has 0 aromatic heterocycles. The Balaban J connectivity index is 1.49. The van der Waals surface area contributed by atoms with Gasteiger partial charge in [-0.2, -0.15) is 13.2 Å². The van der Waals surface area contributed by atoms with Crippen molar-refractivity contribution in [3.8, 4) is 0 Å². The highest BCUT2D eigenvalue weighted by Crippen LogP contribution is 2.35. The van der Waals surface area contributed by atoms with E-state index in [-0.39, 0.29) is 24.6 Å². The number of piperidine rings is 1. The summed E-state index contributed by atoms with van der Waals surface area (Å²) in [5.74, 6) is -0.0491. The number of benzene rings is 1. The van der Waals surface area contributed by atoms with Crippen LogP contribution in [0.25, 0.3) is 0 Å². The largest absolute Gasteiger partial charge is 0.416 e. The van der Waals surface area contributed by atoms with E-state index in [2.05, 4.69) is 10.2 Å². The van der Waals surface area contributed by atoms with E-state index in [0.717, 1.165) is 38.1 Å². The molecule has 2 fully saturated rings. The first-order valence-electron chi connectivity index (χ1n) is 9.87. The minimum Gasteiger partial charge on any atom is -0.379 e. The lowest BCUT2D eigenvalue weighted by molar-refractivity contribution is -0.384. The number of nitro groups is 1. The first-order valence-corrected chi connectivity index (χ1v) is 9.87. The number of likely N-dealkylation sites (tertiary alicyclic amines) is 2. The summed E-state index contributed by atoms with van der Waals surface area (Å²) in [5.41, 5.74) is -1.76. The van der Waals surface area contributed by atoms with E-state index in [1.54, 1.807) is 4.90 Å². The SMILES string of the molecule is O=C(CCNc1ccc(C(F)(F)F)cc1[N+](=O)[O-])N1CCC(N2CCCC2)CC1. The molecule has 160 valence electrons. The summed E-state index contributed by atoms with van der Waals surface area (Å²) in [5, 5.41) is 13.8. The summed E-state index contributed by atoms with van der Waals surface area (Å²) in [7, 11) is 0. The number of halogens is 3. The van der Waals surface area contributed by atoms with Gasteiger partial charge in [-0.3, -0.25) is 14.9 Å². The third kappa shape index (κ3) is 5.37. The topological polar surface area (TPSA) is 78.7 Å². The van der Waals surface area contributed by atoms with E-state index in [9.17, 15) is 28.1 Å². The van der Waals surface area contributed by atoms with Crippen molar-refractivity contribution >= 4 is 17.3 Å². The van der Waals surface area contributed by atoms with Crippen molar-refractivity contribution in [2.45, 2.75) is 44.3 Å². The highest BCUT2D eigenvalue weighted by atomic mass is 19.4. The number of amides is 1. The van der Waals surface area contributed by atoms with Crippen LogP contribution in [0.15, 0.2) is 18.2 Å². The molecule has 0 bridgehead atoms. The van der Waals surface area contributed by atoms with Gasteiger partial charge in [0.15, 0.2) is 0 Å². The van der Waals surface area contributed by atoms with Crippen molar-refractivity contribution in [1.29, 1.82) is 0 Å². The molecule has 2 aliphatic heterocycles. The van der Waals surface area contributed by atoms with E-state index in [1.165, 1.54) is 12.8 Å². The summed E-state index contributed by atoms with van der Waals surface area (Å²) in [6.45, 7) is 3.78. The third-order valence-electron chi connectivity index (χ3n) is 5.65. The average Bonchev–Trinajstić information content (AvgIpc) is 3.22. The normalized spacial score (nSPS) is 18.8. The number of nitrogens with one attached hydrogen (secondary N) is 1. The van der Waals surface area contributed by atoms with E-state index in [4.69, 9.17) is 0 Å². The molecule has 29 heavy (non-hydrogen) atoms. The van der Waals surface area contributed by atoms with Crippen LogP contribution in [-0.2, 0) is 11.0 Å². The number of anilines is 1. The molecule has 2 saturated heterocycles. The molecule has 1 aromatic carbocycles. The summed E-state index contributed by atoms with van der Waals surface area (Å²) in [4.78, 5) is 26.9. The lowest BCUT2D eigenvalue weighted by Crippen LogP contribution is -2.46. The quantitative estimate of drug-likeness (QED) is 0.569. The van der Waals surface area contributed by atoms with Gasteiger partial charge >= 0.3 is 6.18 Å². The molecule has 7 nitrogen and oxygen atoms in total. The molecular weight excluding hydrogens is 389 g/mol. The first kappa shape index (κ1) is 21.4. The van der Waals surface area contributed by atoms with Gasteiger partial charge in [0.25, 0.3) is 5.69 Å². The van der Waals surface area contributed by atoms with Crippen molar-refractivity contribution in [1.82, 2.24) is 9.80 Å². The van der Waals surface area contributed by atoms with Gasteiger partial charge in [-0.05, 0) is 50.9 Å². The zero-order valence-electron chi connectivity index (χ0n) is 16.1. The second kappa shape index (κ2) is 8.98. The third-order valence-corrected chi connectivity index (χ3v) is 5.65.